The Morgan fingerprint density at radius 1 is 1.38 bits per heavy atom. The predicted octanol–water partition coefficient (Wildman–Crippen LogP) is 1.29. The van der Waals surface area contributed by atoms with Gasteiger partial charge in [0.1, 0.15) is 0 Å². The van der Waals surface area contributed by atoms with Gasteiger partial charge in [0.15, 0.2) is 0 Å². The Kier molecular flexibility index (Phi) is 5.69. The number of hydrogen-bond acceptors (Lipinski definition) is 4. The van der Waals surface area contributed by atoms with Crippen molar-refractivity contribution < 1.29 is 22.5 Å². The van der Waals surface area contributed by atoms with Crippen molar-refractivity contribution in [3.8, 4) is 0 Å². The second-order valence-electron chi connectivity index (χ2n) is 3.05. The van der Waals surface area contributed by atoms with Crippen LogP contribution in [0.25, 0.3) is 0 Å². The molecule has 1 rings (SSSR count). The highest BCUT2D eigenvalue weighted by Crippen LogP contribution is 2.02. The second-order valence-corrected chi connectivity index (χ2v) is 4.79. The van der Waals surface area contributed by atoms with Crippen LogP contribution < -0.4 is 0 Å². The SMILES string of the molecule is COS(C)(=O)=O.Cc1cccc(C(=O)O)c1. The molecule has 0 unspecified atom stereocenters. The summed E-state index contributed by atoms with van der Waals surface area (Å²) in [6.07, 6.45) is 0.993. The minimum atomic E-state index is -3.16. The highest BCUT2D eigenvalue weighted by Gasteiger charge is 1.99. The highest BCUT2D eigenvalue weighted by molar-refractivity contribution is 7.85. The van der Waals surface area contributed by atoms with E-state index in [2.05, 4.69) is 4.18 Å². The van der Waals surface area contributed by atoms with Crippen LogP contribution >= 0.6 is 0 Å². The van der Waals surface area contributed by atoms with Crippen molar-refractivity contribution >= 4 is 16.1 Å². The molecule has 0 radical (unpaired) electrons. The number of carboxylic acids is 1. The molecular weight excluding hydrogens is 232 g/mol. The van der Waals surface area contributed by atoms with Crippen LogP contribution in [-0.4, -0.2) is 32.9 Å². The molecule has 1 aromatic carbocycles. The fourth-order valence-corrected chi connectivity index (χ4v) is 0.778. The van der Waals surface area contributed by atoms with E-state index in [0.29, 0.717) is 5.56 Å². The van der Waals surface area contributed by atoms with E-state index in [4.69, 9.17) is 5.11 Å². The van der Waals surface area contributed by atoms with E-state index in [1.165, 1.54) is 0 Å². The fourth-order valence-electron chi connectivity index (χ4n) is 0.778. The highest BCUT2D eigenvalue weighted by atomic mass is 32.2. The van der Waals surface area contributed by atoms with Gasteiger partial charge in [0, 0.05) is 0 Å². The van der Waals surface area contributed by atoms with E-state index in [0.717, 1.165) is 18.9 Å². The maximum absolute atomic E-state index is 10.4. The van der Waals surface area contributed by atoms with Crippen molar-refractivity contribution in [1.29, 1.82) is 0 Å². The van der Waals surface area contributed by atoms with E-state index in [1.54, 1.807) is 18.2 Å². The van der Waals surface area contributed by atoms with E-state index in [-0.39, 0.29) is 0 Å². The van der Waals surface area contributed by atoms with Crippen molar-refractivity contribution in [2.75, 3.05) is 13.4 Å². The number of carbonyl (C=O) groups is 1. The van der Waals surface area contributed by atoms with Crippen molar-refractivity contribution in [2.45, 2.75) is 6.92 Å². The number of carboxylic acid groups (broad SMARTS) is 1. The molecule has 0 aliphatic rings. The molecule has 16 heavy (non-hydrogen) atoms. The Balaban J connectivity index is 0.000000325. The monoisotopic (exact) mass is 246 g/mol. The number of rotatable bonds is 2. The Bertz CT molecular complexity index is 450. The van der Waals surface area contributed by atoms with Crippen molar-refractivity contribution in [3.05, 3.63) is 35.4 Å². The first kappa shape index (κ1) is 14.6. The number of hydrogen-bond donors (Lipinski definition) is 1. The molecule has 0 saturated heterocycles. The zero-order valence-corrected chi connectivity index (χ0v) is 10.1. The molecule has 0 aliphatic heterocycles. The molecule has 90 valence electrons. The standard InChI is InChI=1S/C8H8O2.C2H6O3S/c1-6-3-2-4-7(5-6)8(9)10;1-5-6(2,3)4/h2-5H,1H3,(H,9,10);1-2H3. The minimum Gasteiger partial charge on any atom is -0.478 e. The molecular formula is C10H14O5S. The van der Waals surface area contributed by atoms with Crippen LogP contribution in [0.5, 0.6) is 0 Å². The summed E-state index contributed by atoms with van der Waals surface area (Å²) in [5, 5.41) is 8.51. The molecule has 0 fully saturated rings. The van der Waals surface area contributed by atoms with Crippen LogP contribution in [0.2, 0.25) is 0 Å². The summed E-state index contributed by atoms with van der Waals surface area (Å²) in [7, 11) is -2.04. The lowest BCUT2D eigenvalue weighted by Gasteiger charge is -1.93. The first-order valence-corrected chi connectivity index (χ1v) is 6.13. The third-order valence-corrected chi connectivity index (χ3v) is 2.17. The van der Waals surface area contributed by atoms with Crippen molar-refractivity contribution in [2.24, 2.45) is 0 Å². The van der Waals surface area contributed by atoms with Gasteiger partial charge in [-0.05, 0) is 19.1 Å². The molecule has 6 heteroatoms. The maximum atomic E-state index is 10.4. The lowest BCUT2D eigenvalue weighted by Crippen LogP contribution is -1.95. The topological polar surface area (TPSA) is 80.7 Å². The average molecular weight is 246 g/mol. The van der Waals surface area contributed by atoms with Gasteiger partial charge in [0.05, 0.1) is 18.9 Å². The van der Waals surface area contributed by atoms with Gasteiger partial charge >= 0.3 is 5.97 Å². The minimum absolute atomic E-state index is 0.347. The van der Waals surface area contributed by atoms with Crippen molar-refractivity contribution in [3.63, 3.8) is 0 Å². The second kappa shape index (κ2) is 6.24. The summed E-state index contributed by atoms with van der Waals surface area (Å²) in [5.74, 6) is -0.872. The molecule has 1 aromatic rings. The summed E-state index contributed by atoms with van der Waals surface area (Å²) in [5.41, 5.74) is 1.32. The molecule has 1 N–H and O–H groups in total. The van der Waals surface area contributed by atoms with E-state index in [1.807, 2.05) is 13.0 Å². The zero-order valence-electron chi connectivity index (χ0n) is 9.30. The first-order chi connectivity index (χ1) is 7.26. The molecule has 0 amide bonds. The molecule has 0 spiro atoms. The largest absolute Gasteiger partial charge is 0.478 e. The maximum Gasteiger partial charge on any atom is 0.335 e. The summed E-state index contributed by atoms with van der Waals surface area (Å²) in [4.78, 5) is 10.4. The Morgan fingerprint density at radius 2 is 1.88 bits per heavy atom. The van der Waals surface area contributed by atoms with Gasteiger partial charge in [-0.1, -0.05) is 17.7 Å². The molecule has 0 aliphatic carbocycles. The van der Waals surface area contributed by atoms with Crippen LogP contribution in [0.15, 0.2) is 24.3 Å². The van der Waals surface area contributed by atoms with Gasteiger partial charge in [-0.3, -0.25) is 4.18 Å². The summed E-state index contributed by atoms with van der Waals surface area (Å²) in [6, 6.07) is 6.82. The molecule has 0 saturated carbocycles. The molecule has 0 bridgehead atoms. The van der Waals surface area contributed by atoms with E-state index >= 15 is 0 Å². The molecule has 0 atom stereocenters. The fraction of sp³-hybridized carbons (Fsp3) is 0.300. The van der Waals surface area contributed by atoms with Gasteiger partial charge in [-0.2, -0.15) is 8.42 Å². The third kappa shape index (κ3) is 6.97. The van der Waals surface area contributed by atoms with Gasteiger partial charge in [-0.25, -0.2) is 4.79 Å². The van der Waals surface area contributed by atoms with Gasteiger partial charge in [0.2, 0.25) is 0 Å². The van der Waals surface area contributed by atoms with E-state index < -0.39 is 16.1 Å². The number of aryl methyl sites for hydroxylation is 1. The number of benzene rings is 1. The lowest BCUT2D eigenvalue weighted by molar-refractivity contribution is 0.0696. The first-order valence-electron chi connectivity index (χ1n) is 4.32. The number of aromatic carboxylic acids is 1. The van der Waals surface area contributed by atoms with Gasteiger partial charge in [0.25, 0.3) is 10.1 Å². The van der Waals surface area contributed by atoms with E-state index in [9.17, 15) is 13.2 Å². The normalized spacial score (nSPS) is 10.2. The average Bonchev–Trinajstić information content (AvgIpc) is 2.17. The molecule has 0 heterocycles. The van der Waals surface area contributed by atoms with Crippen LogP contribution in [-0.2, 0) is 14.3 Å². The van der Waals surface area contributed by atoms with Crippen LogP contribution in [0, 0.1) is 6.92 Å². The molecule has 0 aromatic heterocycles. The third-order valence-electron chi connectivity index (χ3n) is 1.57. The Hall–Kier alpha value is -1.40. The zero-order chi connectivity index (χ0) is 12.8. The summed E-state index contributed by atoms with van der Waals surface area (Å²) in [6.45, 7) is 1.87. The van der Waals surface area contributed by atoms with Gasteiger partial charge in [-0.15, -0.1) is 0 Å². The molecule has 5 nitrogen and oxygen atoms in total. The van der Waals surface area contributed by atoms with Gasteiger partial charge < -0.3 is 5.11 Å². The predicted molar refractivity (Wildman–Crippen MR) is 60.0 cm³/mol. The smallest absolute Gasteiger partial charge is 0.335 e. The summed E-state index contributed by atoms with van der Waals surface area (Å²) >= 11 is 0. The van der Waals surface area contributed by atoms with Crippen LogP contribution in [0.3, 0.4) is 0 Å². The van der Waals surface area contributed by atoms with Crippen molar-refractivity contribution in [1.82, 2.24) is 0 Å². The Morgan fingerprint density at radius 3 is 2.12 bits per heavy atom. The lowest BCUT2D eigenvalue weighted by atomic mass is 10.1. The quantitative estimate of drug-likeness (QED) is 0.795. The van der Waals surface area contributed by atoms with Crippen LogP contribution in [0.1, 0.15) is 15.9 Å². The Labute approximate surface area is 94.8 Å². The van der Waals surface area contributed by atoms with Crippen LogP contribution in [0.4, 0.5) is 0 Å². The summed E-state index contributed by atoms with van der Waals surface area (Å²) < 4.78 is 23.5.